The molecule has 0 aromatic heterocycles. The number of nitriles is 1. The fourth-order valence-corrected chi connectivity index (χ4v) is 6.39. The molecule has 0 saturated heterocycles. The van der Waals surface area contributed by atoms with E-state index < -0.39 is 23.7 Å². The first kappa shape index (κ1) is 30.8. The number of halogens is 3. The molecule has 2 atom stereocenters. The van der Waals surface area contributed by atoms with Crippen LogP contribution in [0.5, 0.6) is 5.75 Å². The third kappa shape index (κ3) is 6.90. The Kier molecular flexibility index (Phi) is 10.7. The van der Waals surface area contributed by atoms with Crippen LogP contribution in [0.2, 0.25) is 10.0 Å². The van der Waals surface area contributed by atoms with Crippen molar-refractivity contribution in [3.05, 3.63) is 66.1 Å². The molecule has 2 amide bonds. The van der Waals surface area contributed by atoms with Crippen molar-refractivity contribution in [1.82, 2.24) is 5.32 Å². The van der Waals surface area contributed by atoms with E-state index in [9.17, 15) is 19.6 Å². The molecule has 8 nitrogen and oxygen atoms in total. The molecule has 2 N–H and O–H groups in total. The van der Waals surface area contributed by atoms with Crippen LogP contribution < -0.4 is 15.4 Å². The van der Waals surface area contributed by atoms with E-state index in [2.05, 4.69) is 32.6 Å². The fraction of sp³-hybridized carbons (Fsp3) is 0.333. The van der Waals surface area contributed by atoms with Gasteiger partial charge in [0.05, 0.1) is 46.2 Å². The van der Waals surface area contributed by atoms with Crippen molar-refractivity contribution >= 4 is 74.4 Å². The number of carbonyl (C=O) groups is 3. The van der Waals surface area contributed by atoms with Crippen molar-refractivity contribution < 1.29 is 23.9 Å². The van der Waals surface area contributed by atoms with Crippen LogP contribution in [-0.2, 0) is 25.5 Å². The van der Waals surface area contributed by atoms with Crippen molar-refractivity contribution in [2.45, 2.75) is 33.1 Å². The molecule has 0 radical (unpaired) electrons. The van der Waals surface area contributed by atoms with Gasteiger partial charge in [-0.3, -0.25) is 14.4 Å². The molecule has 0 aliphatic carbocycles. The Balaban J connectivity index is 1.98. The molecule has 2 aromatic rings. The number of nitrogens with zero attached hydrogens (tertiary/aromatic N) is 1. The molecule has 12 heteroatoms. The molecule has 1 heterocycles. The lowest BCUT2D eigenvalue weighted by Crippen LogP contribution is -2.44. The van der Waals surface area contributed by atoms with Crippen molar-refractivity contribution in [2.75, 3.05) is 24.8 Å². The molecule has 3 rings (SSSR count). The first-order chi connectivity index (χ1) is 18.6. The van der Waals surface area contributed by atoms with Gasteiger partial charge in [-0.15, -0.1) is 0 Å². The highest BCUT2D eigenvalue weighted by atomic mass is 79.9. The van der Waals surface area contributed by atoms with E-state index in [0.29, 0.717) is 18.6 Å². The zero-order valence-corrected chi connectivity index (χ0v) is 25.5. The van der Waals surface area contributed by atoms with Gasteiger partial charge in [0.1, 0.15) is 5.92 Å². The van der Waals surface area contributed by atoms with Gasteiger partial charge in [0.2, 0.25) is 11.8 Å². The number of esters is 1. The van der Waals surface area contributed by atoms with Crippen LogP contribution in [0, 0.1) is 24.2 Å². The molecular weight excluding hydrogens is 629 g/mol. The predicted molar refractivity (Wildman–Crippen MR) is 156 cm³/mol. The van der Waals surface area contributed by atoms with Crippen LogP contribution in [0.4, 0.5) is 5.69 Å². The number of hydrogen-bond donors (Lipinski definition) is 2. The van der Waals surface area contributed by atoms with Gasteiger partial charge in [-0.2, -0.15) is 5.26 Å². The van der Waals surface area contributed by atoms with E-state index in [0.717, 1.165) is 40.2 Å². The Morgan fingerprint density at radius 3 is 2.44 bits per heavy atom. The van der Waals surface area contributed by atoms with Gasteiger partial charge < -0.3 is 20.1 Å². The van der Waals surface area contributed by atoms with Gasteiger partial charge >= 0.3 is 5.97 Å². The topological polar surface area (TPSA) is 118 Å². The minimum atomic E-state index is -1.37. The number of ether oxygens (including phenoxy) is 2. The maximum atomic E-state index is 13.1. The number of allylic oxidation sites excluding steroid dienone is 1. The summed E-state index contributed by atoms with van der Waals surface area (Å²) in [4.78, 5) is 38.7. The second-order valence-electron chi connectivity index (χ2n) is 8.52. The average molecular weight is 655 g/mol. The Hall–Kier alpha value is -2.71. The maximum absolute atomic E-state index is 13.1. The maximum Gasteiger partial charge on any atom is 0.319 e. The van der Waals surface area contributed by atoms with Crippen LogP contribution >= 0.6 is 50.9 Å². The quantitative estimate of drug-likeness (QED) is 0.247. The lowest BCUT2D eigenvalue weighted by molar-refractivity contribution is -0.150. The predicted octanol–water partition coefficient (Wildman–Crippen LogP) is 6.14. The molecule has 206 valence electrons. The largest absolute Gasteiger partial charge is 0.491 e. The smallest absolute Gasteiger partial charge is 0.319 e. The molecule has 39 heavy (non-hydrogen) atoms. The molecule has 2 aromatic carbocycles. The number of hydrogen-bond acceptors (Lipinski definition) is 7. The SMILES string of the molecule is CCOc1c(Cl)cc([C@@H]2C(C#N)=C(SCC(=O)Nc3c(C)cc(Br)cc3CC)NC(=O)[C@H]2C(=O)OC)cc1Cl. The number of methoxy groups -OCH3 is 1. The van der Waals surface area contributed by atoms with Crippen molar-refractivity contribution in [1.29, 1.82) is 5.26 Å². The number of carbonyl (C=O) groups excluding carboxylic acids is 3. The zero-order valence-electron chi connectivity index (χ0n) is 21.6. The summed E-state index contributed by atoms with van der Waals surface area (Å²) in [5.74, 6) is -4.09. The molecular formula is C27H26BrCl2N3O5S. The second-order valence-corrected chi connectivity index (χ2v) is 11.2. The van der Waals surface area contributed by atoms with Gasteiger partial charge in [0.25, 0.3) is 0 Å². The van der Waals surface area contributed by atoms with Gasteiger partial charge in [-0.1, -0.05) is 57.8 Å². The minimum Gasteiger partial charge on any atom is -0.491 e. The number of benzene rings is 2. The third-order valence-corrected chi connectivity index (χ3v) is 8.06. The van der Waals surface area contributed by atoms with E-state index in [4.69, 9.17) is 32.7 Å². The van der Waals surface area contributed by atoms with E-state index in [1.807, 2.05) is 26.0 Å². The average Bonchev–Trinajstić information content (AvgIpc) is 2.89. The van der Waals surface area contributed by atoms with Crippen molar-refractivity contribution in [2.24, 2.45) is 5.92 Å². The zero-order chi connectivity index (χ0) is 28.9. The summed E-state index contributed by atoms with van der Waals surface area (Å²) >= 11 is 17.3. The van der Waals surface area contributed by atoms with Crippen molar-refractivity contribution in [3.8, 4) is 11.8 Å². The molecule has 0 spiro atoms. The van der Waals surface area contributed by atoms with Gasteiger partial charge in [-0.05, 0) is 61.2 Å². The summed E-state index contributed by atoms with van der Waals surface area (Å²) in [7, 11) is 1.16. The normalized spacial score (nSPS) is 16.8. The Morgan fingerprint density at radius 1 is 1.21 bits per heavy atom. The lowest BCUT2D eigenvalue weighted by Gasteiger charge is -2.31. The second kappa shape index (κ2) is 13.6. The third-order valence-electron chi connectivity index (χ3n) is 6.03. The van der Waals surface area contributed by atoms with Crippen LogP contribution in [0.15, 0.2) is 39.3 Å². The summed E-state index contributed by atoms with van der Waals surface area (Å²) in [6, 6.07) is 8.96. The van der Waals surface area contributed by atoms with Crippen LogP contribution in [-0.4, -0.2) is 37.3 Å². The van der Waals surface area contributed by atoms with E-state index in [-0.39, 0.29) is 38.1 Å². The fourth-order valence-electron chi connectivity index (χ4n) is 4.30. The number of anilines is 1. The van der Waals surface area contributed by atoms with Crippen LogP contribution in [0.25, 0.3) is 0 Å². The first-order valence-corrected chi connectivity index (χ1v) is 14.5. The lowest BCUT2D eigenvalue weighted by atomic mass is 9.78. The summed E-state index contributed by atoms with van der Waals surface area (Å²) in [5, 5.41) is 16.2. The molecule has 1 aliphatic heterocycles. The number of thioether (sulfide) groups is 1. The molecule has 0 unspecified atom stereocenters. The summed E-state index contributed by atoms with van der Waals surface area (Å²) < 4.78 is 11.3. The monoisotopic (exact) mass is 653 g/mol. The molecule has 0 saturated carbocycles. The van der Waals surface area contributed by atoms with Gasteiger partial charge in [0.15, 0.2) is 5.75 Å². The highest BCUT2D eigenvalue weighted by Gasteiger charge is 2.44. The number of amides is 2. The Morgan fingerprint density at radius 2 is 1.87 bits per heavy atom. The standard InChI is InChI=1S/C27H26BrCl2N3O5S/c1-5-14-8-16(28)7-13(3)23(14)32-20(34)12-39-26-17(11-31)21(22(25(35)33-26)27(36)37-4)15-9-18(29)24(38-6-2)19(30)10-15/h7-10,21-22H,5-6,12H2,1-4H3,(H,32,34)(H,33,35)/t21-,22+/m1/s1. The summed E-state index contributed by atoms with van der Waals surface area (Å²) in [5.41, 5.74) is 3.01. The van der Waals surface area contributed by atoms with Gasteiger partial charge in [0, 0.05) is 16.1 Å². The van der Waals surface area contributed by atoms with Crippen LogP contribution in [0.1, 0.15) is 36.5 Å². The number of rotatable bonds is 9. The summed E-state index contributed by atoms with van der Waals surface area (Å²) in [6.07, 6.45) is 0.715. The van der Waals surface area contributed by atoms with E-state index >= 15 is 0 Å². The Labute approximate surface area is 249 Å². The van der Waals surface area contributed by atoms with Crippen LogP contribution in [0.3, 0.4) is 0 Å². The van der Waals surface area contributed by atoms with Gasteiger partial charge in [-0.25, -0.2) is 0 Å². The Bertz CT molecular complexity index is 1370. The highest BCUT2D eigenvalue weighted by molar-refractivity contribution is 9.10. The van der Waals surface area contributed by atoms with Crippen molar-refractivity contribution in [3.63, 3.8) is 0 Å². The summed E-state index contributed by atoms with van der Waals surface area (Å²) in [6.45, 7) is 5.98. The van der Waals surface area contributed by atoms with E-state index in [1.54, 1.807) is 6.92 Å². The number of nitrogens with one attached hydrogen (secondary N) is 2. The molecule has 0 bridgehead atoms. The van der Waals surface area contributed by atoms with E-state index in [1.165, 1.54) is 12.1 Å². The molecule has 0 fully saturated rings. The number of aryl methyl sites for hydroxylation is 2. The highest BCUT2D eigenvalue weighted by Crippen LogP contribution is 2.44. The first-order valence-electron chi connectivity index (χ1n) is 11.9. The molecule has 1 aliphatic rings. The minimum absolute atomic E-state index is 0.0770.